The monoisotopic (exact) mass is 296 g/mol. The number of aromatic amines is 1. The maximum atomic E-state index is 11.9. The van der Waals surface area contributed by atoms with Gasteiger partial charge in [0.15, 0.2) is 5.69 Å². The largest absolute Gasteiger partial charge is 0.487 e. The number of para-hydroxylation sites is 1. The molecular weight excluding hydrogens is 280 g/mol. The minimum atomic E-state index is -0.412. The number of fused-ring (bicyclic) bond motifs is 1. The molecule has 0 saturated carbocycles. The summed E-state index contributed by atoms with van der Waals surface area (Å²) in [6.07, 6.45) is 0. The molecule has 2 aromatic carbocycles. The van der Waals surface area contributed by atoms with Crippen LogP contribution in [0.15, 0.2) is 48.5 Å². The first-order chi connectivity index (χ1) is 10.8. The van der Waals surface area contributed by atoms with Crippen molar-refractivity contribution in [2.45, 2.75) is 13.5 Å². The number of H-pyrrole nitrogens is 1. The zero-order valence-electron chi connectivity index (χ0n) is 12.2. The molecule has 5 nitrogen and oxygen atoms in total. The minimum absolute atomic E-state index is 0.323. The molecule has 112 valence electrons. The molecule has 0 spiro atoms. The summed E-state index contributed by atoms with van der Waals surface area (Å²) in [7, 11) is 0. The summed E-state index contributed by atoms with van der Waals surface area (Å²) in [4.78, 5) is 11.9. The normalized spacial score (nSPS) is 10.6. The van der Waals surface area contributed by atoms with Crippen molar-refractivity contribution < 1.29 is 14.3 Å². The van der Waals surface area contributed by atoms with Crippen LogP contribution < -0.4 is 4.74 Å². The van der Waals surface area contributed by atoms with Gasteiger partial charge in [0.1, 0.15) is 17.9 Å². The number of nitrogens with one attached hydrogen (secondary N) is 1. The van der Waals surface area contributed by atoms with Crippen molar-refractivity contribution in [3.8, 4) is 5.75 Å². The van der Waals surface area contributed by atoms with Crippen molar-refractivity contribution in [3.63, 3.8) is 0 Å². The number of ether oxygens (including phenoxy) is 2. The van der Waals surface area contributed by atoms with Crippen molar-refractivity contribution in [2.75, 3.05) is 6.61 Å². The van der Waals surface area contributed by atoms with Crippen molar-refractivity contribution in [2.24, 2.45) is 0 Å². The lowest BCUT2D eigenvalue weighted by Crippen LogP contribution is -2.05. The van der Waals surface area contributed by atoms with Crippen molar-refractivity contribution in [1.82, 2.24) is 10.2 Å². The van der Waals surface area contributed by atoms with E-state index in [0.29, 0.717) is 35.6 Å². The molecular formula is C17H16N2O3. The Morgan fingerprint density at radius 1 is 1.14 bits per heavy atom. The second-order valence-electron chi connectivity index (χ2n) is 4.75. The molecule has 0 aliphatic carbocycles. The van der Waals surface area contributed by atoms with Gasteiger partial charge in [0.05, 0.1) is 6.61 Å². The standard InChI is InChI=1S/C17H16N2O3/c1-2-21-17(20)16-13-9-6-10-14(15(13)18-19-16)22-11-12-7-4-3-5-8-12/h3-10H,2,11H2,1H3,(H,18,19). The molecule has 1 N–H and O–H groups in total. The zero-order valence-corrected chi connectivity index (χ0v) is 12.2. The third-order valence-electron chi connectivity index (χ3n) is 3.26. The van der Waals surface area contributed by atoms with E-state index in [1.54, 1.807) is 6.92 Å². The number of aromatic nitrogens is 2. The summed E-state index contributed by atoms with van der Waals surface area (Å²) in [5.41, 5.74) is 2.05. The van der Waals surface area contributed by atoms with Crippen LogP contribution in [-0.2, 0) is 11.3 Å². The number of benzene rings is 2. The second-order valence-corrected chi connectivity index (χ2v) is 4.75. The Morgan fingerprint density at radius 3 is 2.73 bits per heavy atom. The van der Waals surface area contributed by atoms with E-state index in [9.17, 15) is 4.79 Å². The number of hydrogen-bond acceptors (Lipinski definition) is 4. The number of rotatable bonds is 5. The molecule has 0 aliphatic rings. The predicted octanol–water partition coefficient (Wildman–Crippen LogP) is 3.32. The topological polar surface area (TPSA) is 64.2 Å². The van der Waals surface area contributed by atoms with E-state index in [4.69, 9.17) is 9.47 Å². The smallest absolute Gasteiger partial charge is 0.356 e. The van der Waals surface area contributed by atoms with Crippen LogP contribution in [0.4, 0.5) is 0 Å². The molecule has 0 fully saturated rings. The fraction of sp³-hybridized carbons (Fsp3) is 0.176. The van der Waals surface area contributed by atoms with Gasteiger partial charge in [-0.25, -0.2) is 4.79 Å². The maximum Gasteiger partial charge on any atom is 0.356 e. The quantitative estimate of drug-likeness (QED) is 0.734. The molecule has 0 aliphatic heterocycles. The summed E-state index contributed by atoms with van der Waals surface area (Å²) in [6, 6.07) is 15.4. The van der Waals surface area contributed by atoms with Crippen LogP contribution >= 0.6 is 0 Å². The van der Waals surface area contributed by atoms with Gasteiger partial charge in [-0.15, -0.1) is 0 Å². The average Bonchev–Trinajstić information content (AvgIpc) is 2.99. The predicted molar refractivity (Wildman–Crippen MR) is 82.8 cm³/mol. The van der Waals surface area contributed by atoms with Gasteiger partial charge in [0, 0.05) is 5.39 Å². The summed E-state index contributed by atoms with van der Waals surface area (Å²) < 4.78 is 10.8. The molecule has 1 heterocycles. The first-order valence-corrected chi connectivity index (χ1v) is 7.10. The van der Waals surface area contributed by atoms with Crippen LogP contribution in [0.5, 0.6) is 5.75 Å². The Balaban J connectivity index is 1.86. The van der Waals surface area contributed by atoms with E-state index in [2.05, 4.69) is 10.2 Å². The molecule has 0 bridgehead atoms. The fourth-order valence-corrected chi connectivity index (χ4v) is 2.22. The Morgan fingerprint density at radius 2 is 1.95 bits per heavy atom. The molecule has 1 aromatic heterocycles. The highest BCUT2D eigenvalue weighted by Gasteiger charge is 2.16. The van der Waals surface area contributed by atoms with Crippen molar-refractivity contribution in [1.29, 1.82) is 0 Å². The van der Waals surface area contributed by atoms with E-state index in [0.717, 1.165) is 5.56 Å². The maximum absolute atomic E-state index is 11.9. The molecule has 0 atom stereocenters. The molecule has 22 heavy (non-hydrogen) atoms. The van der Waals surface area contributed by atoms with Crippen molar-refractivity contribution in [3.05, 3.63) is 59.8 Å². The number of nitrogens with zero attached hydrogens (tertiary/aromatic N) is 1. The first kappa shape index (κ1) is 14.1. The first-order valence-electron chi connectivity index (χ1n) is 7.10. The van der Waals surface area contributed by atoms with Crippen LogP contribution in [0.25, 0.3) is 10.9 Å². The zero-order chi connectivity index (χ0) is 15.4. The van der Waals surface area contributed by atoms with Gasteiger partial charge in [-0.3, -0.25) is 5.10 Å². The van der Waals surface area contributed by atoms with Crippen molar-refractivity contribution >= 4 is 16.9 Å². The number of esters is 1. The van der Waals surface area contributed by atoms with Gasteiger partial charge in [-0.05, 0) is 18.6 Å². The summed E-state index contributed by atoms with van der Waals surface area (Å²) in [5.74, 6) is 0.221. The Labute approximate surface area is 127 Å². The van der Waals surface area contributed by atoms with Crippen LogP contribution in [0.2, 0.25) is 0 Å². The van der Waals surface area contributed by atoms with E-state index in [1.165, 1.54) is 0 Å². The molecule has 0 amide bonds. The summed E-state index contributed by atoms with van der Waals surface area (Å²) in [6.45, 7) is 2.54. The Hall–Kier alpha value is -2.82. The van der Waals surface area contributed by atoms with E-state index < -0.39 is 5.97 Å². The molecule has 0 unspecified atom stereocenters. The van der Waals surface area contributed by atoms with E-state index in [1.807, 2.05) is 48.5 Å². The fourth-order valence-electron chi connectivity index (χ4n) is 2.22. The third kappa shape index (κ3) is 2.79. The average molecular weight is 296 g/mol. The minimum Gasteiger partial charge on any atom is -0.487 e. The van der Waals surface area contributed by atoms with E-state index >= 15 is 0 Å². The highest BCUT2D eigenvalue weighted by atomic mass is 16.5. The summed E-state index contributed by atoms with van der Waals surface area (Å²) >= 11 is 0. The number of carbonyl (C=O) groups excluding carboxylic acids is 1. The lowest BCUT2D eigenvalue weighted by molar-refractivity contribution is 0.0521. The SMILES string of the molecule is CCOC(=O)c1[nH]nc2c(OCc3ccccc3)cccc12. The van der Waals surface area contributed by atoms with Crippen LogP contribution in [0, 0.1) is 0 Å². The number of hydrogen-bond donors (Lipinski definition) is 1. The highest BCUT2D eigenvalue weighted by Crippen LogP contribution is 2.26. The van der Waals surface area contributed by atoms with Crippen LogP contribution in [-0.4, -0.2) is 22.8 Å². The molecule has 5 heteroatoms. The molecule has 0 radical (unpaired) electrons. The molecule has 0 saturated heterocycles. The van der Waals surface area contributed by atoms with Crippen LogP contribution in [0.1, 0.15) is 23.0 Å². The Bertz CT molecular complexity index is 781. The lowest BCUT2D eigenvalue weighted by atomic mass is 10.2. The van der Waals surface area contributed by atoms with Gasteiger partial charge in [-0.2, -0.15) is 5.10 Å². The molecule has 3 rings (SSSR count). The van der Waals surface area contributed by atoms with Crippen LogP contribution in [0.3, 0.4) is 0 Å². The van der Waals surface area contributed by atoms with Gasteiger partial charge in [-0.1, -0.05) is 42.5 Å². The lowest BCUT2D eigenvalue weighted by Gasteiger charge is -2.06. The van der Waals surface area contributed by atoms with Gasteiger partial charge >= 0.3 is 5.97 Å². The summed E-state index contributed by atoms with van der Waals surface area (Å²) in [5, 5.41) is 7.61. The Kier molecular flexibility index (Phi) is 4.05. The van der Waals surface area contributed by atoms with Gasteiger partial charge in [0.2, 0.25) is 0 Å². The van der Waals surface area contributed by atoms with Gasteiger partial charge in [0.25, 0.3) is 0 Å². The molecule has 3 aromatic rings. The van der Waals surface area contributed by atoms with Gasteiger partial charge < -0.3 is 9.47 Å². The third-order valence-corrected chi connectivity index (χ3v) is 3.26. The van der Waals surface area contributed by atoms with E-state index in [-0.39, 0.29) is 0 Å². The highest BCUT2D eigenvalue weighted by molar-refractivity contribution is 6.03. The number of carbonyl (C=O) groups is 1. The second kappa shape index (κ2) is 6.30.